The van der Waals surface area contributed by atoms with Crippen molar-refractivity contribution in [3.8, 4) is 0 Å². The molecule has 2 atom stereocenters. The van der Waals surface area contributed by atoms with Crippen molar-refractivity contribution in [2.45, 2.75) is 71.2 Å². The van der Waals surface area contributed by atoms with Crippen molar-refractivity contribution in [1.29, 1.82) is 0 Å². The summed E-state index contributed by atoms with van der Waals surface area (Å²) in [5, 5.41) is 14.3. The maximum atomic E-state index is 12.2. The molecule has 0 spiro atoms. The normalized spacial score (nSPS) is 20.0. The summed E-state index contributed by atoms with van der Waals surface area (Å²) >= 11 is 0. The van der Waals surface area contributed by atoms with E-state index in [2.05, 4.69) is 10.6 Å². The van der Waals surface area contributed by atoms with E-state index in [0.29, 0.717) is 0 Å². The minimum atomic E-state index is -1.18. The van der Waals surface area contributed by atoms with E-state index in [1.165, 1.54) is 0 Å². The number of aliphatic carboxylic acids is 1. The fourth-order valence-corrected chi connectivity index (χ4v) is 2.44. The first-order chi connectivity index (χ1) is 12.2. The number of hydrogen-bond donors (Lipinski definition) is 3. The highest BCUT2D eigenvalue weighted by atomic mass is 16.6. The lowest BCUT2D eigenvalue weighted by atomic mass is 10.1. The van der Waals surface area contributed by atoms with Crippen molar-refractivity contribution in [2.75, 3.05) is 13.1 Å². The third kappa shape index (κ3) is 8.14. The molecule has 27 heavy (non-hydrogen) atoms. The number of likely N-dealkylation sites (tertiary alicyclic amines) is 1. The van der Waals surface area contributed by atoms with E-state index in [1.54, 1.807) is 41.5 Å². The van der Waals surface area contributed by atoms with Gasteiger partial charge in [-0.1, -0.05) is 0 Å². The highest BCUT2D eigenvalue weighted by Gasteiger charge is 2.42. The van der Waals surface area contributed by atoms with Crippen LogP contribution in [0.1, 0.15) is 48.0 Å². The topological polar surface area (TPSA) is 134 Å². The Hall–Kier alpha value is -2.52. The molecule has 0 radical (unpaired) electrons. The predicted molar refractivity (Wildman–Crippen MR) is 95.1 cm³/mol. The lowest BCUT2D eigenvalue weighted by Gasteiger charge is -2.26. The highest BCUT2D eigenvalue weighted by Crippen LogP contribution is 2.21. The van der Waals surface area contributed by atoms with Crippen LogP contribution in [0.15, 0.2) is 0 Å². The van der Waals surface area contributed by atoms with E-state index in [4.69, 9.17) is 9.47 Å². The first-order valence-electron chi connectivity index (χ1n) is 8.66. The van der Waals surface area contributed by atoms with Crippen molar-refractivity contribution in [3.05, 3.63) is 0 Å². The van der Waals surface area contributed by atoms with Crippen molar-refractivity contribution in [1.82, 2.24) is 15.5 Å². The Bertz CT molecular complexity index is 592. The van der Waals surface area contributed by atoms with E-state index in [0.717, 1.165) is 4.90 Å². The molecule has 0 saturated carbocycles. The fraction of sp³-hybridized carbons (Fsp3) is 0.765. The third-order valence-electron chi connectivity index (χ3n) is 3.37. The fourth-order valence-electron chi connectivity index (χ4n) is 2.44. The van der Waals surface area contributed by atoms with Crippen LogP contribution in [0.25, 0.3) is 0 Å². The van der Waals surface area contributed by atoms with Crippen molar-refractivity contribution < 1.29 is 33.8 Å². The number of hydrogen-bond acceptors (Lipinski definition) is 6. The highest BCUT2D eigenvalue weighted by molar-refractivity contribution is 5.84. The lowest BCUT2D eigenvalue weighted by Crippen LogP contribution is -2.45. The van der Waals surface area contributed by atoms with Gasteiger partial charge in [-0.25, -0.2) is 14.4 Å². The van der Waals surface area contributed by atoms with Crippen LogP contribution in [0.5, 0.6) is 0 Å². The molecule has 3 N–H and O–H groups in total. The smallest absolute Gasteiger partial charge is 0.411 e. The lowest BCUT2D eigenvalue weighted by molar-refractivity contribution is -0.142. The molecule has 1 fully saturated rings. The molecule has 0 aliphatic carbocycles. The Labute approximate surface area is 158 Å². The molecule has 0 aromatic heterocycles. The van der Waals surface area contributed by atoms with Gasteiger partial charge in [-0.2, -0.15) is 0 Å². The van der Waals surface area contributed by atoms with Crippen LogP contribution < -0.4 is 10.6 Å². The number of carboxylic acid groups (broad SMARTS) is 1. The van der Waals surface area contributed by atoms with E-state index in [-0.39, 0.29) is 19.5 Å². The first-order valence-corrected chi connectivity index (χ1v) is 8.66. The predicted octanol–water partition coefficient (Wildman–Crippen LogP) is 1.09. The number of rotatable bonds is 4. The number of amides is 3. The Kier molecular flexibility index (Phi) is 7.05. The number of nitrogens with one attached hydrogen (secondary N) is 2. The molecule has 1 heterocycles. The molecule has 0 aromatic rings. The molecular formula is C17H29N3O7. The van der Waals surface area contributed by atoms with E-state index in [1.807, 2.05) is 0 Å². The van der Waals surface area contributed by atoms with Crippen molar-refractivity contribution in [3.63, 3.8) is 0 Å². The van der Waals surface area contributed by atoms with Crippen LogP contribution in [-0.4, -0.2) is 70.4 Å². The zero-order valence-corrected chi connectivity index (χ0v) is 16.6. The summed E-state index contributed by atoms with van der Waals surface area (Å²) in [6.45, 7) is 9.81. The first kappa shape index (κ1) is 22.5. The van der Waals surface area contributed by atoms with Crippen molar-refractivity contribution in [2.24, 2.45) is 0 Å². The average molecular weight is 387 g/mol. The monoisotopic (exact) mass is 387 g/mol. The van der Waals surface area contributed by atoms with E-state index < -0.39 is 47.3 Å². The Morgan fingerprint density at radius 3 is 2.07 bits per heavy atom. The minimum Gasteiger partial charge on any atom is -0.480 e. The van der Waals surface area contributed by atoms with Crippen LogP contribution in [0.4, 0.5) is 9.59 Å². The number of ether oxygens (including phenoxy) is 2. The molecule has 3 amide bonds. The number of carboxylic acids is 1. The molecule has 10 nitrogen and oxygen atoms in total. The Morgan fingerprint density at radius 1 is 1.04 bits per heavy atom. The second kappa shape index (κ2) is 8.45. The van der Waals surface area contributed by atoms with Gasteiger partial charge < -0.3 is 25.2 Å². The molecule has 1 aliphatic heterocycles. The van der Waals surface area contributed by atoms with Crippen LogP contribution in [0.2, 0.25) is 0 Å². The van der Waals surface area contributed by atoms with Crippen LogP contribution >= 0.6 is 0 Å². The second-order valence-electron chi connectivity index (χ2n) is 8.34. The number of nitrogens with zero attached hydrogens (tertiary/aromatic N) is 1. The summed E-state index contributed by atoms with van der Waals surface area (Å²) in [4.78, 5) is 48.3. The molecule has 0 aromatic carbocycles. The SMILES string of the molecule is CC(C)(C)OC(=O)NCC(=O)N[C@@H]1C[C@@H](C(=O)O)N(C(=O)OC(C)(C)C)C1. The average Bonchev–Trinajstić information content (AvgIpc) is 2.85. The van der Waals surface area contributed by atoms with Gasteiger partial charge in [0.15, 0.2) is 0 Å². The van der Waals surface area contributed by atoms with Gasteiger partial charge in [-0.15, -0.1) is 0 Å². The summed E-state index contributed by atoms with van der Waals surface area (Å²) in [7, 11) is 0. The van der Waals surface area contributed by atoms with Gasteiger partial charge in [0.1, 0.15) is 23.8 Å². The van der Waals surface area contributed by atoms with E-state index in [9.17, 15) is 24.3 Å². The summed E-state index contributed by atoms with van der Waals surface area (Å²) in [5.74, 6) is -1.69. The standard InChI is InChI=1S/C17H29N3O7/c1-16(2,3)26-14(24)18-8-12(21)19-10-7-11(13(22)23)20(9-10)15(25)27-17(4,5)6/h10-11H,7-9H2,1-6H3,(H,18,24)(H,19,21)(H,22,23)/t10-,11+/m1/s1. The summed E-state index contributed by atoms with van der Waals surface area (Å²) in [6.07, 6.45) is -1.44. The van der Waals surface area contributed by atoms with Gasteiger partial charge in [0.2, 0.25) is 5.91 Å². The number of carbonyl (C=O) groups excluding carboxylic acids is 3. The molecule has 1 aliphatic rings. The van der Waals surface area contributed by atoms with Crippen molar-refractivity contribution >= 4 is 24.1 Å². The Balaban J connectivity index is 2.59. The molecule has 1 rings (SSSR count). The quantitative estimate of drug-likeness (QED) is 0.657. The maximum Gasteiger partial charge on any atom is 0.411 e. The van der Waals surface area contributed by atoms with Gasteiger partial charge in [0.25, 0.3) is 0 Å². The second-order valence-corrected chi connectivity index (χ2v) is 8.34. The number of alkyl carbamates (subject to hydrolysis) is 1. The van der Waals surface area contributed by atoms with Crippen LogP contribution in [0, 0.1) is 0 Å². The minimum absolute atomic E-state index is 0.00403. The zero-order valence-electron chi connectivity index (χ0n) is 16.6. The van der Waals surface area contributed by atoms with Crippen LogP contribution in [-0.2, 0) is 19.1 Å². The zero-order chi connectivity index (χ0) is 21.0. The summed E-state index contributed by atoms with van der Waals surface area (Å²) < 4.78 is 10.2. The molecule has 0 unspecified atom stereocenters. The molecule has 10 heteroatoms. The number of carbonyl (C=O) groups is 4. The van der Waals surface area contributed by atoms with Crippen LogP contribution in [0.3, 0.4) is 0 Å². The largest absolute Gasteiger partial charge is 0.480 e. The van der Waals surface area contributed by atoms with Gasteiger partial charge in [0, 0.05) is 19.0 Å². The van der Waals surface area contributed by atoms with Gasteiger partial charge >= 0.3 is 18.2 Å². The summed E-state index contributed by atoms with van der Waals surface area (Å²) in [5.41, 5.74) is -1.45. The van der Waals surface area contributed by atoms with Gasteiger partial charge in [-0.05, 0) is 41.5 Å². The van der Waals surface area contributed by atoms with Gasteiger partial charge in [-0.3, -0.25) is 9.69 Å². The van der Waals surface area contributed by atoms with Gasteiger partial charge in [0.05, 0.1) is 0 Å². The Morgan fingerprint density at radius 2 is 1.59 bits per heavy atom. The third-order valence-corrected chi connectivity index (χ3v) is 3.37. The summed E-state index contributed by atoms with van der Waals surface area (Å²) in [6, 6.07) is -1.66. The van der Waals surface area contributed by atoms with E-state index >= 15 is 0 Å². The molecular weight excluding hydrogens is 358 g/mol. The molecule has 1 saturated heterocycles. The maximum absolute atomic E-state index is 12.2. The molecule has 0 bridgehead atoms. The molecule has 154 valence electrons.